The zero-order chi connectivity index (χ0) is 26.2. The Kier molecular flexibility index (Phi) is 8.97. The monoisotopic (exact) mass is 506 g/mol. The standard InChI is InChI=1S/C26H31ClN8O/c1-15-8-9-20(21(27)11-15)23-22(25(36)31-14-19(12-28)13-29-5)17(3)32-26(35-23)34-18(4)33-24-16(2)7-6-10-30-24/h6-13,23H,14,28H2,1-5H3,(H,31,36)(H2,30,32,33,34,35)/b19-12+,29-13?. The highest BCUT2D eigenvalue weighted by Gasteiger charge is 2.30. The lowest BCUT2D eigenvalue weighted by Crippen LogP contribution is -2.37. The van der Waals surface area contributed by atoms with Gasteiger partial charge < -0.3 is 21.7 Å². The van der Waals surface area contributed by atoms with Crippen LogP contribution in [0, 0.1) is 13.8 Å². The van der Waals surface area contributed by atoms with Gasteiger partial charge in [0.1, 0.15) is 17.7 Å². The molecule has 1 aromatic heterocycles. The van der Waals surface area contributed by atoms with Gasteiger partial charge in [-0.25, -0.2) is 15.0 Å². The normalized spacial score (nSPS) is 16.6. The minimum atomic E-state index is -0.660. The highest BCUT2D eigenvalue weighted by atomic mass is 35.5. The van der Waals surface area contributed by atoms with Crippen LogP contribution in [0.25, 0.3) is 0 Å². The van der Waals surface area contributed by atoms with Crippen molar-refractivity contribution >= 4 is 41.3 Å². The summed E-state index contributed by atoms with van der Waals surface area (Å²) in [6.45, 7) is 7.77. The summed E-state index contributed by atoms with van der Waals surface area (Å²) < 4.78 is 0. The predicted octanol–water partition coefficient (Wildman–Crippen LogP) is 3.82. The first kappa shape index (κ1) is 26.6. The summed E-state index contributed by atoms with van der Waals surface area (Å²) in [6.07, 6.45) is 4.72. The van der Waals surface area contributed by atoms with Crippen LogP contribution < -0.4 is 21.7 Å². The molecule has 2 heterocycles. The first-order chi connectivity index (χ1) is 17.2. The van der Waals surface area contributed by atoms with Crippen molar-refractivity contribution in [1.82, 2.24) is 15.6 Å². The largest absolute Gasteiger partial charge is 0.404 e. The number of hydrogen-bond donors (Lipinski definition) is 4. The molecule has 1 aliphatic heterocycles. The number of aliphatic imine (C=N–C) groups is 3. The van der Waals surface area contributed by atoms with Crippen LogP contribution in [0.1, 0.15) is 36.6 Å². The van der Waals surface area contributed by atoms with Gasteiger partial charge in [-0.1, -0.05) is 29.8 Å². The van der Waals surface area contributed by atoms with E-state index >= 15 is 0 Å². The second-order valence-corrected chi connectivity index (χ2v) is 8.75. The Morgan fingerprint density at radius 2 is 2.06 bits per heavy atom. The number of hydrogen-bond acceptors (Lipinski definition) is 7. The van der Waals surface area contributed by atoms with E-state index in [1.165, 1.54) is 6.20 Å². The van der Waals surface area contributed by atoms with Gasteiger partial charge in [0, 0.05) is 54.1 Å². The highest BCUT2D eigenvalue weighted by molar-refractivity contribution is 6.31. The van der Waals surface area contributed by atoms with E-state index in [2.05, 4.69) is 30.9 Å². The molecule has 0 radical (unpaired) electrons. The fourth-order valence-corrected chi connectivity index (χ4v) is 3.99. The molecule has 1 atom stereocenters. The summed E-state index contributed by atoms with van der Waals surface area (Å²) in [5, 5.41) is 9.76. The molecule has 1 unspecified atom stereocenters. The van der Waals surface area contributed by atoms with Gasteiger partial charge in [-0.2, -0.15) is 0 Å². The van der Waals surface area contributed by atoms with E-state index in [9.17, 15) is 4.79 Å². The van der Waals surface area contributed by atoms with Crippen LogP contribution in [0.5, 0.6) is 0 Å². The zero-order valence-corrected chi connectivity index (χ0v) is 21.8. The molecule has 0 spiro atoms. The Morgan fingerprint density at radius 3 is 2.72 bits per heavy atom. The molecule has 0 bridgehead atoms. The van der Waals surface area contributed by atoms with Gasteiger partial charge in [0.05, 0.1) is 5.57 Å². The quantitative estimate of drug-likeness (QED) is 0.349. The molecule has 0 fully saturated rings. The molecule has 0 saturated carbocycles. The molecular weight excluding hydrogens is 476 g/mol. The molecule has 9 nitrogen and oxygen atoms in total. The number of amidine groups is 1. The maximum atomic E-state index is 13.3. The molecule has 5 N–H and O–H groups in total. The van der Waals surface area contributed by atoms with Gasteiger partial charge in [0.25, 0.3) is 5.91 Å². The van der Waals surface area contributed by atoms with Crippen LogP contribution in [-0.2, 0) is 4.79 Å². The van der Waals surface area contributed by atoms with Gasteiger partial charge in [0.15, 0.2) is 0 Å². The van der Waals surface area contributed by atoms with Crippen molar-refractivity contribution < 1.29 is 4.79 Å². The summed E-state index contributed by atoms with van der Waals surface area (Å²) in [7, 11) is 1.64. The molecule has 1 aliphatic rings. The molecule has 1 amide bonds. The van der Waals surface area contributed by atoms with Crippen LogP contribution in [0.15, 0.2) is 74.5 Å². The summed E-state index contributed by atoms with van der Waals surface area (Å²) in [4.78, 5) is 31.0. The fourth-order valence-electron chi connectivity index (χ4n) is 3.66. The smallest absolute Gasteiger partial charge is 0.251 e. The number of aromatic nitrogens is 1. The Hall–Kier alpha value is -3.98. The van der Waals surface area contributed by atoms with Crippen molar-refractivity contribution in [3.63, 3.8) is 0 Å². The second kappa shape index (κ2) is 12.1. The minimum absolute atomic E-state index is 0.221. The molecule has 0 aliphatic carbocycles. The summed E-state index contributed by atoms with van der Waals surface area (Å²) >= 11 is 6.61. The molecular formula is C26H31ClN8O. The fraction of sp³-hybridized carbons (Fsp3) is 0.269. The first-order valence-electron chi connectivity index (χ1n) is 11.4. The number of pyridine rings is 1. The van der Waals surface area contributed by atoms with Crippen molar-refractivity contribution in [2.45, 2.75) is 33.7 Å². The summed E-state index contributed by atoms with van der Waals surface area (Å²) in [6, 6.07) is 8.85. The van der Waals surface area contributed by atoms with E-state index in [1.54, 1.807) is 19.5 Å². The molecule has 1 aromatic carbocycles. The van der Waals surface area contributed by atoms with Gasteiger partial charge in [-0.05, 0) is 51.0 Å². The third-order valence-corrected chi connectivity index (χ3v) is 5.80. The number of nitrogens with one attached hydrogen (secondary N) is 3. The Balaban J connectivity index is 1.95. The number of benzene rings is 1. The second-order valence-electron chi connectivity index (χ2n) is 8.35. The van der Waals surface area contributed by atoms with Gasteiger partial charge in [-0.3, -0.25) is 9.79 Å². The topological polar surface area (TPSA) is 129 Å². The minimum Gasteiger partial charge on any atom is -0.404 e. The van der Waals surface area contributed by atoms with Crippen LogP contribution in [0.2, 0.25) is 5.02 Å². The number of carbonyl (C=O) groups is 1. The van der Waals surface area contributed by atoms with Crippen molar-refractivity contribution in [3.8, 4) is 0 Å². The van der Waals surface area contributed by atoms with E-state index in [0.29, 0.717) is 45.0 Å². The Labute approximate surface area is 216 Å². The Morgan fingerprint density at radius 1 is 1.28 bits per heavy atom. The van der Waals surface area contributed by atoms with E-state index in [-0.39, 0.29) is 12.5 Å². The van der Waals surface area contributed by atoms with Crippen molar-refractivity contribution in [1.29, 1.82) is 0 Å². The number of nitrogens with two attached hydrogens (primary N) is 1. The molecule has 188 valence electrons. The number of allylic oxidation sites excluding steroid dienone is 1. The highest BCUT2D eigenvalue weighted by Crippen LogP contribution is 2.35. The van der Waals surface area contributed by atoms with E-state index in [4.69, 9.17) is 22.3 Å². The number of amides is 1. The Bertz CT molecular complexity index is 1290. The predicted molar refractivity (Wildman–Crippen MR) is 148 cm³/mol. The van der Waals surface area contributed by atoms with E-state index in [1.807, 2.05) is 58.0 Å². The van der Waals surface area contributed by atoms with Crippen LogP contribution in [-0.4, -0.2) is 42.5 Å². The van der Waals surface area contributed by atoms with Crippen LogP contribution >= 0.6 is 11.6 Å². The van der Waals surface area contributed by atoms with E-state index < -0.39 is 6.04 Å². The average Bonchev–Trinajstić information content (AvgIpc) is 2.82. The van der Waals surface area contributed by atoms with Gasteiger partial charge in [-0.15, -0.1) is 0 Å². The number of guanidine groups is 1. The SMILES string of the molecule is CN=C/C(=C\N)CNC(=O)C1=C(C)NC(/N=C(/C)Nc2ncccc2C)=NC1c1ccc(C)cc1Cl. The zero-order valence-electron chi connectivity index (χ0n) is 21.1. The molecule has 36 heavy (non-hydrogen) atoms. The van der Waals surface area contributed by atoms with Crippen LogP contribution in [0.4, 0.5) is 5.82 Å². The summed E-state index contributed by atoms with van der Waals surface area (Å²) in [5.74, 6) is 1.36. The van der Waals surface area contributed by atoms with Crippen LogP contribution in [0.3, 0.4) is 0 Å². The van der Waals surface area contributed by atoms with Crippen molar-refractivity contribution in [2.24, 2.45) is 20.7 Å². The number of rotatable bonds is 6. The number of anilines is 1. The lowest BCUT2D eigenvalue weighted by atomic mass is 9.95. The lowest BCUT2D eigenvalue weighted by molar-refractivity contribution is -0.117. The molecule has 3 rings (SSSR count). The third-order valence-electron chi connectivity index (χ3n) is 5.47. The first-order valence-corrected chi connectivity index (χ1v) is 11.8. The van der Waals surface area contributed by atoms with Crippen molar-refractivity contribution in [2.75, 3.05) is 18.9 Å². The summed E-state index contributed by atoms with van der Waals surface area (Å²) in [5.41, 5.74) is 10.1. The van der Waals surface area contributed by atoms with Crippen molar-refractivity contribution in [3.05, 3.63) is 81.3 Å². The maximum absolute atomic E-state index is 13.3. The van der Waals surface area contributed by atoms with E-state index in [0.717, 1.165) is 11.1 Å². The maximum Gasteiger partial charge on any atom is 0.251 e. The molecule has 10 heteroatoms. The number of aryl methyl sites for hydroxylation is 2. The molecule has 0 saturated heterocycles. The number of nitrogens with zero attached hydrogens (tertiary/aromatic N) is 4. The average molecular weight is 507 g/mol. The molecule has 2 aromatic rings. The lowest BCUT2D eigenvalue weighted by Gasteiger charge is -2.26. The van der Waals surface area contributed by atoms with Gasteiger partial charge in [0.2, 0.25) is 5.96 Å². The third kappa shape index (κ3) is 6.57. The number of halogens is 1. The number of carbonyl (C=O) groups excluding carboxylic acids is 1. The van der Waals surface area contributed by atoms with Gasteiger partial charge >= 0.3 is 0 Å².